The van der Waals surface area contributed by atoms with Gasteiger partial charge in [0, 0.05) is 17.2 Å². The third kappa shape index (κ3) is 4.93. The van der Waals surface area contributed by atoms with E-state index < -0.39 is 10.9 Å². The smallest absolute Gasteiger partial charge is 0.271 e. The van der Waals surface area contributed by atoms with E-state index in [9.17, 15) is 9.90 Å². The molecule has 0 spiro atoms. The predicted molar refractivity (Wildman–Crippen MR) is 119 cm³/mol. The lowest BCUT2D eigenvalue weighted by atomic mass is 9.79. The molecule has 8 nitrogen and oxygen atoms in total. The first-order chi connectivity index (χ1) is 14.0. The summed E-state index contributed by atoms with van der Waals surface area (Å²) in [6, 6.07) is 10.6. The van der Waals surface area contributed by atoms with Crippen molar-refractivity contribution >= 4 is 33.2 Å². The van der Waals surface area contributed by atoms with Gasteiger partial charge in [-0.05, 0) is 38.1 Å². The van der Waals surface area contributed by atoms with Crippen molar-refractivity contribution in [3.8, 4) is 17.3 Å². The molecule has 2 aromatic heterocycles. The number of rotatable bonds is 6. The molecule has 0 radical (unpaired) electrons. The molecule has 0 fully saturated rings. The van der Waals surface area contributed by atoms with Crippen LogP contribution in [0.3, 0.4) is 0 Å². The number of aliphatic hydroxyl groups is 1. The largest absolute Gasteiger partial charge is 0.393 e. The van der Waals surface area contributed by atoms with Gasteiger partial charge in [0.15, 0.2) is 7.85 Å². The molecule has 2 heterocycles. The summed E-state index contributed by atoms with van der Waals surface area (Å²) in [6.45, 7) is 3.92. The highest BCUT2D eigenvalue weighted by molar-refractivity contribution is 6.32. The Morgan fingerprint density at radius 1 is 1.37 bits per heavy atom. The van der Waals surface area contributed by atoms with Crippen molar-refractivity contribution in [3.63, 3.8) is 0 Å². The first kappa shape index (κ1) is 21.7. The van der Waals surface area contributed by atoms with Crippen LogP contribution in [0.25, 0.3) is 11.3 Å². The highest BCUT2D eigenvalue weighted by atomic mass is 35.5. The average molecular weight is 422 g/mol. The fourth-order valence-corrected chi connectivity index (χ4v) is 3.16. The number of nitriles is 1. The highest BCUT2D eigenvalue weighted by Crippen LogP contribution is 2.24. The van der Waals surface area contributed by atoms with Gasteiger partial charge in [-0.3, -0.25) is 14.6 Å². The number of aromatic amines is 1. The van der Waals surface area contributed by atoms with E-state index in [1.807, 2.05) is 33.1 Å². The van der Waals surface area contributed by atoms with Gasteiger partial charge in [-0.2, -0.15) is 15.5 Å². The number of halogens is 1. The van der Waals surface area contributed by atoms with E-state index in [0.717, 1.165) is 5.56 Å². The fourth-order valence-electron chi connectivity index (χ4n) is 2.94. The van der Waals surface area contributed by atoms with E-state index >= 15 is 0 Å². The van der Waals surface area contributed by atoms with Crippen molar-refractivity contribution < 1.29 is 9.90 Å². The van der Waals surface area contributed by atoms with Crippen molar-refractivity contribution in [2.24, 2.45) is 0 Å². The molecule has 0 aliphatic carbocycles. The zero-order chi connectivity index (χ0) is 22.1. The summed E-state index contributed by atoms with van der Waals surface area (Å²) >= 11 is 6.11. The number of aromatic nitrogens is 4. The summed E-state index contributed by atoms with van der Waals surface area (Å²) in [5.41, 5.74) is 0.865. The molecule has 0 bridgehead atoms. The zero-order valence-corrected chi connectivity index (χ0v) is 17.9. The monoisotopic (exact) mass is 422 g/mol. The Morgan fingerprint density at radius 2 is 2.10 bits per heavy atom. The van der Waals surface area contributed by atoms with Gasteiger partial charge in [0.25, 0.3) is 5.91 Å². The van der Waals surface area contributed by atoms with Crippen molar-refractivity contribution in [3.05, 3.63) is 58.5 Å². The van der Waals surface area contributed by atoms with Gasteiger partial charge in [-0.15, -0.1) is 0 Å². The summed E-state index contributed by atoms with van der Waals surface area (Å²) in [7, 11) is 3.50. The fraction of sp³-hybridized carbons (Fsp3) is 0.263. The van der Waals surface area contributed by atoms with Crippen LogP contribution in [0.2, 0.25) is 5.02 Å². The van der Waals surface area contributed by atoms with Gasteiger partial charge < -0.3 is 10.4 Å². The molecule has 0 saturated heterocycles. The molecule has 3 rings (SSSR count). The van der Waals surface area contributed by atoms with Crippen LogP contribution in [0.5, 0.6) is 0 Å². The minimum absolute atomic E-state index is 0.202. The molecule has 0 aliphatic heterocycles. The highest BCUT2D eigenvalue weighted by Gasteiger charge is 2.26. The van der Waals surface area contributed by atoms with Crippen LogP contribution in [0.1, 0.15) is 35.6 Å². The van der Waals surface area contributed by atoms with Gasteiger partial charge >= 0.3 is 0 Å². The number of nitrogens with one attached hydrogen (secondary N) is 2. The summed E-state index contributed by atoms with van der Waals surface area (Å²) in [4.78, 5) is 12.6. The lowest BCUT2D eigenvalue weighted by molar-refractivity contribution is 0.0920. The summed E-state index contributed by atoms with van der Waals surface area (Å²) in [5.74, 6) is -0.349. The summed E-state index contributed by atoms with van der Waals surface area (Å²) < 4.78 is 1.73. The van der Waals surface area contributed by atoms with Gasteiger partial charge in [-0.1, -0.05) is 17.7 Å². The molecule has 3 N–H and O–H groups in total. The first-order valence-electron chi connectivity index (χ1n) is 9.33. The summed E-state index contributed by atoms with van der Waals surface area (Å²) in [5, 5.41) is 33.5. The van der Waals surface area contributed by atoms with Crippen LogP contribution in [0.15, 0.2) is 36.5 Å². The Morgan fingerprint density at radius 3 is 2.70 bits per heavy atom. The lowest BCUT2D eigenvalue weighted by Gasteiger charge is -2.26. The second kappa shape index (κ2) is 8.01. The number of H-pyrrole nitrogens is 1. The molecule has 2 unspecified atom stereocenters. The topological polar surface area (TPSA) is 120 Å². The van der Waals surface area contributed by atoms with E-state index in [1.165, 1.54) is 6.07 Å². The molecule has 11 heteroatoms. The van der Waals surface area contributed by atoms with Gasteiger partial charge in [0.1, 0.15) is 19.6 Å². The van der Waals surface area contributed by atoms with E-state index in [1.54, 1.807) is 37.7 Å². The molecule has 0 saturated carbocycles. The Kier molecular flexibility index (Phi) is 5.79. The van der Waals surface area contributed by atoms with Gasteiger partial charge in [-0.25, -0.2) is 0 Å². The maximum atomic E-state index is 12.6. The Balaban J connectivity index is 1.70. The number of nitrogens with zero attached hydrogens (tertiary/aromatic N) is 4. The zero-order valence-electron chi connectivity index (χ0n) is 17.2. The van der Waals surface area contributed by atoms with Crippen molar-refractivity contribution in [1.82, 2.24) is 25.3 Å². The Bertz CT molecular complexity index is 1130. The molecule has 2 atom stereocenters. The van der Waals surface area contributed by atoms with E-state index in [-0.39, 0.29) is 11.6 Å². The third-order valence-corrected chi connectivity index (χ3v) is 4.82. The van der Waals surface area contributed by atoms with Crippen LogP contribution < -0.4 is 5.32 Å². The normalized spacial score (nSPS) is 15.0. The minimum atomic E-state index is -1.11. The van der Waals surface area contributed by atoms with Crippen LogP contribution in [0.4, 0.5) is 0 Å². The van der Waals surface area contributed by atoms with E-state index in [2.05, 4.69) is 20.6 Å². The maximum absolute atomic E-state index is 12.6. The minimum Gasteiger partial charge on any atom is -0.393 e. The molecule has 1 amide bonds. The standard InChI is InChI=1S/C19H21B2ClN6O2/c1-18(20,24-17(29)15-8-16(26-25-15)19(2,21)30)10-28-6-5-14(27-28)11-3-4-12(9-23)13(22)7-11/h3-8,30H,10,20-21H2,1-2H3,(H,24,29)(H,25,26). The number of carbonyl (C=O) groups is 1. The number of hydrogen-bond donors (Lipinski definition) is 3. The van der Waals surface area contributed by atoms with E-state index in [4.69, 9.17) is 16.9 Å². The third-order valence-electron chi connectivity index (χ3n) is 4.50. The average Bonchev–Trinajstić information content (AvgIpc) is 3.30. The second-order valence-electron chi connectivity index (χ2n) is 8.27. The van der Waals surface area contributed by atoms with Gasteiger partial charge in [0.05, 0.1) is 34.0 Å². The maximum Gasteiger partial charge on any atom is 0.271 e. The van der Waals surface area contributed by atoms with Crippen molar-refractivity contribution in [2.45, 2.75) is 31.3 Å². The van der Waals surface area contributed by atoms with Crippen molar-refractivity contribution in [2.75, 3.05) is 0 Å². The van der Waals surface area contributed by atoms with Crippen LogP contribution in [0, 0.1) is 11.3 Å². The summed E-state index contributed by atoms with van der Waals surface area (Å²) in [6.07, 6.45) is 1.82. The SMILES string of the molecule is BC(C)(Cn1ccc(-c2ccc(C#N)c(Cl)c2)n1)NC(=O)c1cc(C(B)(C)O)[nH]n1. The molecule has 1 aromatic carbocycles. The molecule has 0 aliphatic rings. The molecule has 3 aromatic rings. The van der Waals surface area contributed by atoms with Crippen molar-refractivity contribution in [1.29, 1.82) is 5.26 Å². The molecular formula is C19H21B2ClN6O2. The van der Waals surface area contributed by atoms with Gasteiger partial charge in [0.2, 0.25) is 0 Å². The van der Waals surface area contributed by atoms with E-state index in [0.29, 0.717) is 28.5 Å². The predicted octanol–water partition coefficient (Wildman–Crippen LogP) is 0.376. The number of amides is 1. The number of hydrogen-bond acceptors (Lipinski definition) is 5. The second-order valence-corrected chi connectivity index (χ2v) is 8.68. The van der Waals surface area contributed by atoms with Crippen LogP contribution in [-0.4, -0.2) is 52.1 Å². The number of carbonyl (C=O) groups excluding carboxylic acids is 1. The first-order valence-corrected chi connectivity index (χ1v) is 9.70. The molecule has 30 heavy (non-hydrogen) atoms. The molecular weight excluding hydrogens is 401 g/mol. The quantitative estimate of drug-likeness (QED) is 0.496. The van der Waals surface area contributed by atoms with Crippen LogP contribution in [-0.2, 0) is 12.0 Å². The Hall–Kier alpha value is -3.02. The Labute approximate surface area is 181 Å². The number of benzene rings is 1. The van der Waals surface area contributed by atoms with Crippen LogP contribution >= 0.6 is 11.6 Å². The molecule has 152 valence electrons. The lowest BCUT2D eigenvalue weighted by Crippen LogP contribution is -2.49.